The van der Waals surface area contributed by atoms with Gasteiger partial charge in [-0.1, -0.05) is 0 Å². The zero-order chi connectivity index (χ0) is 19.7. The lowest BCUT2D eigenvalue weighted by Crippen LogP contribution is -2.50. The minimum atomic E-state index is -0.133. The van der Waals surface area contributed by atoms with Gasteiger partial charge in [-0.2, -0.15) is 5.10 Å². The lowest BCUT2D eigenvalue weighted by atomic mass is 10.1. The minimum Gasteiger partial charge on any atom is -0.459 e. The van der Waals surface area contributed by atoms with Crippen molar-refractivity contribution in [2.45, 2.75) is 13.8 Å². The molecule has 0 atom stereocenters. The van der Waals surface area contributed by atoms with E-state index in [4.69, 9.17) is 4.42 Å². The van der Waals surface area contributed by atoms with Crippen molar-refractivity contribution < 1.29 is 14.0 Å². The van der Waals surface area contributed by atoms with Crippen molar-refractivity contribution in [1.82, 2.24) is 19.6 Å². The molecule has 0 bridgehead atoms. The van der Waals surface area contributed by atoms with Crippen molar-refractivity contribution in [2.24, 2.45) is 0 Å². The molecule has 1 aliphatic heterocycles. The van der Waals surface area contributed by atoms with Gasteiger partial charge in [0.2, 0.25) is 0 Å². The largest absolute Gasteiger partial charge is 0.459 e. The summed E-state index contributed by atoms with van der Waals surface area (Å²) in [6, 6.07) is 12.8. The number of aromatic nitrogens is 2. The van der Waals surface area contributed by atoms with Gasteiger partial charge in [0, 0.05) is 37.4 Å². The average Bonchev–Trinajstić information content (AvgIpc) is 3.37. The summed E-state index contributed by atoms with van der Waals surface area (Å²) in [5.41, 5.74) is 3.57. The maximum absolute atomic E-state index is 12.8. The van der Waals surface area contributed by atoms with Crippen LogP contribution in [-0.2, 0) is 0 Å². The van der Waals surface area contributed by atoms with Crippen LogP contribution < -0.4 is 0 Å². The third-order valence-electron chi connectivity index (χ3n) is 4.95. The number of furan rings is 1. The van der Waals surface area contributed by atoms with E-state index in [0.717, 1.165) is 17.1 Å². The van der Waals surface area contributed by atoms with E-state index >= 15 is 0 Å². The van der Waals surface area contributed by atoms with Crippen LogP contribution in [0.5, 0.6) is 0 Å². The molecular formula is C21H22N4O3. The molecule has 3 heterocycles. The van der Waals surface area contributed by atoms with Crippen molar-refractivity contribution in [2.75, 3.05) is 26.2 Å². The fraction of sp³-hybridized carbons (Fsp3) is 0.286. The Bertz CT molecular complexity index is 981. The van der Waals surface area contributed by atoms with Crippen molar-refractivity contribution >= 4 is 11.8 Å². The van der Waals surface area contributed by atoms with Crippen LogP contribution in [0.2, 0.25) is 0 Å². The number of rotatable bonds is 3. The number of hydrogen-bond acceptors (Lipinski definition) is 4. The Morgan fingerprint density at radius 2 is 1.57 bits per heavy atom. The normalized spacial score (nSPS) is 14.4. The van der Waals surface area contributed by atoms with Crippen LogP contribution in [0.15, 0.2) is 53.1 Å². The minimum absolute atomic E-state index is 0.0231. The third-order valence-corrected chi connectivity index (χ3v) is 4.95. The van der Waals surface area contributed by atoms with Crippen LogP contribution in [0, 0.1) is 13.8 Å². The van der Waals surface area contributed by atoms with Gasteiger partial charge in [0.25, 0.3) is 11.8 Å². The smallest absolute Gasteiger partial charge is 0.289 e. The Morgan fingerprint density at radius 1 is 0.929 bits per heavy atom. The summed E-state index contributed by atoms with van der Waals surface area (Å²) in [4.78, 5) is 28.6. The van der Waals surface area contributed by atoms with Crippen molar-refractivity contribution in [3.05, 3.63) is 71.4 Å². The summed E-state index contributed by atoms with van der Waals surface area (Å²) in [6.45, 7) is 5.96. The van der Waals surface area contributed by atoms with Gasteiger partial charge in [-0.05, 0) is 56.3 Å². The van der Waals surface area contributed by atoms with Gasteiger partial charge in [-0.25, -0.2) is 4.68 Å². The van der Waals surface area contributed by atoms with Gasteiger partial charge in [0.15, 0.2) is 5.76 Å². The second-order valence-corrected chi connectivity index (χ2v) is 6.95. The highest BCUT2D eigenvalue weighted by Crippen LogP contribution is 2.16. The van der Waals surface area contributed by atoms with E-state index in [1.807, 2.05) is 48.9 Å². The molecule has 4 rings (SSSR count). The Kier molecular flexibility index (Phi) is 4.73. The SMILES string of the molecule is Cc1cc(C)n(-c2ccc(C(=O)N3CCN(C(=O)c4ccco4)CC3)cc2)n1. The lowest BCUT2D eigenvalue weighted by Gasteiger charge is -2.34. The number of benzene rings is 1. The zero-order valence-corrected chi connectivity index (χ0v) is 16.0. The highest BCUT2D eigenvalue weighted by Gasteiger charge is 2.26. The summed E-state index contributed by atoms with van der Waals surface area (Å²) in [7, 11) is 0. The van der Waals surface area contributed by atoms with E-state index in [2.05, 4.69) is 5.10 Å². The fourth-order valence-electron chi connectivity index (χ4n) is 3.49. The number of nitrogens with zero attached hydrogens (tertiary/aromatic N) is 4. The van der Waals surface area contributed by atoms with Crippen molar-refractivity contribution in [1.29, 1.82) is 0 Å². The number of amides is 2. The number of aryl methyl sites for hydroxylation is 2. The van der Waals surface area contributed by atoms with Gasteiger partial charge in [-0.3, -0.25) is 9.59 Å². The van der Waals surface area contributed by atoms with Crippen LogP contribution in [0.25, 0.3) is 5.69 Å². The van der Waals surface area contributed by atoms with E-state index in [1.54, 1.807) is 21.9 Å². The molecule has 1 saturated heterocycles. The molecule has 0 spiro atoms. The predicted molar refractivity (Wildman–Crippen MR) is 104 cm³/mol. The average molecular weight is 378 g/mol. The topological polar surface area (TPSA) is 71.6 Å². The van der Waals surface area contributed by atoms with E-state index < -0.39 is 0 Å². The Labute approximate surface area is 163 Å². The molecule has 2 aromatic heterocycles. The van der Waals surface area contributed by atoms with Gasteiger partial charge < -0.3 is 14.2 Å². The van der Waals surface area contributed by atoms with Crippen LogP contribution in [0.3, 0.4) is 0 Å². The summed E-state index contributed by atoms with van der Waals surface area (Å²) >= 11 is 0. The molecular weight excluding hydrogens is 356 g/mol. The monoisotopic (exact) mass is 378 g/mol. The number of piperazine rings is 1. The van der Waals surface area contributed by atoms with Gasteiger partial charge in [0.05, 0.1) is 17.6 Å². The van der Waals surface area contributed by atoms with E-state index in [9.17, 15) is 9.59 Å². The van der Waals surface area contributed by atoms with Gasteiger partial charge in [0.1, 0.15) is 0 Å². The molecule has 0 saturated carbocycles. The molecule has 0 radical (unpaired) electrons. The number of carbonyl (C=O) groups is 2. The molecule has 0 N–H and O–H groups in total. The number of carbonyl (C=O) groups excluding carboxylic acids is 2. The molecule has 1 fully saturated rings. The molecule has 7 heteroatoms. The van der Waals surface area contributed by atoms with Crippen LogP contribution in [-0.4, -0.2) is 57.6 Å². The first-order valence-corrected chi connectivity index (χ1v) is 9.29. The van der Waals surface area contributed by atoms with E-state index in [-0.39, 0.29) is 11.8 Å². The highest BCUT2D eigenvalue weighted by molar-refractivity contribution is 5.95. The first kappa shape index (κ1) is 18.0. The Morgan fingerprint density at radius 3 is 2.11 bits per heavy atom. The predicted octanol–water partition coefficient (Wildman–Crippen LogP) is 2.68. The van der Waals surface area contributed by atoms with Crippen LogP contribution in [0.1, 0.15) is 32.3 Å². The first-order chi connectivity index (χ1) is 13.5. The molecule has 7 nitrogen and oxygen atoms in total. The number of hydrogen-bond donors (Lipinski definition) is 0. The lowest BCUT2D eigenvalue weighted by molar-refractivity contribution is 0.0518. The molecule has 28 heavy (non-hydrogen) atoms. The molecule has 0 unspecified atom stereocenters. The second kappa shape index (κ2) is 7.34. The third kappa shape index (κ3) is 3.43. The van der Waals surface area contributed by atoms with Crippen molar-refractivity contribution in [3.8, 4) is 5.69 Å². The summed E-state index contributed by atoms with van der Waals surface area (Å²) in [5, 5.41) is 4.47. The van der Waals surface area contributed by atoms with Crippen LogP contribution >= 0.6 is 0 Å². The Balaban J connectivity index is 1.40. The maximum Gasteiger partial charge on any atom is 0.289 e. The quantitative estimate of drug-likeness (QED) is 0.703. The standard InChI is InChI=1S/C21H22N4O3/c1-15-14-16(2)25(22-15)18-7-5-17(6-8-18)20(26)23-9-11-24(12-10-23)21(27)19-4-3-13-28-19/h3-8,13-14H,9-12H2,1-2H3. The van der Waals surface area contributed by atoms with E-state index in [1.165, 1.54) is 6.26 Å². The highest BCUT2D eigenvalue weighted by atomic mass is 16.3. The second-order valence-electron chi connectivity index (χ2n) is 6.95. The summed E-state index contributed by atoms with van der Waals surface area (Å²) in [6.07, 6.45) is 1.49. The van der Waals surface area contributed by atoms with Gasteiger partial charge in [-0.15, -0.1) is 0 Å². The molecule has 1 aliphatic rings. The molecule has 144 valence electrons. The molecule has 3 aromatic rings. The summed E-state index contributed by atoms with van der Waals surface area (Å²) in [5.74, 6) is 0.177. The van der Waals surface area contributed by atoms with Gasteiger partial charge >= 0.3 is 0 Å². The first-order valence-electron chi connectivity index (χ1n) is 9.29. The summed E-state index contributed by atoms with van der Waals surface area (Å²) < 4.78 is 7.03. The zero-order valence-electron chi connectivity index (χ0n) is 16.0. The van der Waals surface area contributed by atoms with Crippen molar-refractivity contribution in [3.63, 3.8) is 0 Å². The van der Waals surface area contributed by atoms with E-state index in [0.29, 0.717) is 37.5 Å². The molecule has 1 aromatic carbocycles. The fourth-order valence-corrected chi connectivity index (χ4v) is 3.49. The molecule has 2 amide bonds. The molecule has 0 aliphatic carbocycles. The van der Waals surface area contributed by atoms with Crippen LogP contribution in [0.4, 0.5) is 0 Å². The Hall–Kier alpha value is -3.35. The maximum atomic E-state index is 12.8.